The van der Waals surface area contributed by atoms with Gasteiger partial charge in [-0.25, -0.2) is 4.79 Å². The molecular weight excluding hydrogens is 292 g/mol. The molecule has 1 aliphatic heterocycles. The smallest absolute Gasteiger partial charge is 0.319 e. The van der Waals surface area contributed by atoms with E-state index in [1.165, 1.54) is 5.69 Å². The number of aromatic nitrogens is 2. The minimum Gasteiger partial charge on any atom is -0.376 e. The molecule has 2 aromatic rings. The number of benzene rings is 1. The second-order valence-electron chi connectivity index (χ2n) is 5.90. The molecule has 2 heterocycles. The van der Waals surface area contributed by atoms with Crippen molar-refractivity contribution in [2.45, 2.75) is 33.4 Å². The molecule has 0 atom stereocenters. The average molecular weight is 314 g/mol. The molecule has 1 aromatic carbocycles. The standard InChI is InChI=1S/C17H22N4O2/c1-12-7-13(2)9-15(8-12)20-17(22)18-4-5-21-16-3-6-23-11-14(16)10-19-21/h7-10H,3-6,11H2,1-2H3,(H2,18,20,22). The van der Waals surface area contributed by atoms with E-state index in [0.29, 0.717) is 19.7 Å². The van der Waals surface area contributed by atoms with Crippen molar-refractivity contribution in [2.24, 2.45) is 0 Å². The van der Waals surface area contributed by atoms with E-state index in [0.717, 1.165) is 35.4 Å². The van der Waals surface area contributed by atoms with Gasteiger partial charge in [-0.15, -0.1) is 0 Å². The van der Waals surface area contributed by atoms with E-state index >= 15 is 0 Å². The number of amides is 2. The molecule has 0 saturated carbocycles. The Bertz CT molecular complexity index is 688. The maximum absolute atomic E-state index is 12.0. The highest BCUT2D eigenvalue weighted by atomic mass is 16.5. The number of ether oxygens (including phenoxy) is 1. The van der Waals surface area contributed by atoms with Gasteiger partial charge in [0.15, 0.2) is 0 Å². The first-order chi connectivity index (χ1) is 11.1. The monoisotopic (exact) mass is 314 g/mol. The van der Waals surface area contributed by atoms with Crippen molar-refractivity contribution >= 4 is 11.7 Å². The lowest BCUT2D eigenvalue weighted by Crippen LogP contribution is -2.32. The van der Waals surface area contributed by atoms with Gasteiger partial charge in [-0.05, 0) is 37.1 Å². The van der Waals surface area contributed by atoms with Crippen LogP contribution in [-0.4, -0.2) is 29.0 Å². The van der Waals surface area contributed by atoms with Gasteiger partial charge in [0.1, 0.15) is 0 Å². The highest BCUT2D eigenvalue weighted by Crippen LogP contribution is 2.16. The maximum atomic E-state index is 12.0. The van der Waals surface area contributed by atoms with Crippen LogP contribution < -0.4 is 10.6 Å². The first kappa shape index (κ1) is 15.6. The van der Waals surface area contributed by atoms with Crippen LogP contribution in [0.5, 0.6) is 0 Å². The minimum absolute atomic E-state index is 0.195. The van der Waals surface area contributed by atoms with Crippen molar-refractivity contribution in [1.82, 2.24) is 15.1 Å². The molecule has 6 nitrogen and oxygen atoms in total. The Morgan fingerprint density at radius 2 is 2.09 bits per heavy atom. The fourth-order valence-electron chi connectivity index (χ4n) is 2.90. The summed E-state index contributed by atoms with van der Waals surface area (Å²) >= 11 is 0. The van der Waals surface area contributed by atoms with Crippen LogP contribution in [0.25, 0.3) is 0 Å². The molecule has 0 aliphatic carbocycles. The predicted octanol–water partition coefficient (Wildman–Crippen LogP) is 2.39. The summed E-state index contributed by atoms with van der Waals surface area (Å²) in [4.78, 5) is 12.0. The molecule has 0 bridgehead atoms. The SMILES string of the molecule is Cc1cc(C)cc(NC(=O)NCCn2ncc3c2CCOC3)c1. The molecule has 0 radical (unpaired) electrons. The van der Waals surface area contributed by atoms with Gasteiger partial charge < -0.3 is 15.4 Å². The van der Waals surface area contributed by atoms with Gasteiger partial charge in [0.25, 0.3) is 0 Å². The summed E-state index contributed by atoms with van der Waals surface area (Å²) in [6, 6.07) is 5.79. The predicted molar refractivity (Wildman–Crippen MR) is 88.5 cm³/mol. The molecule has 3 rings (SSSR count). The number of carbonyl (C=O) groups is 1. The van der Waals surface area contributed by atoms with Crippen molar-refractivity contribution < 1.29 is 9.53 Å². The second-order valence-corrected chi connectivity index (χ2v) is 5.90. The van der Waals surface area contributed by atoms with E-state index in [1.807, 2.05) is 36.9 Å². The fourth-order valence-corrected chi connectivity index (χ4v) is 2.90. The van der Waals surface area contributed by atoms with Crippen LogP contribution in [0.3, 0.4) is 0 Å². The maximum Gasteiger partial charge on any atom is 0.319 e. The highest BCUT2D eigenvalue weighted by molar-refractivity contribution is 5.89. The van der Waals surface area contributed by atoms with Gasteiger partial charge in [0.05, 0.1) is 26.0 Å². The number of anilines is 1. The summed E-state index contributed by atoms with van der Waals surface area (Å²) < 4.78 is 7.36. The number of nitrogens with zero attached hydrogens (tertiary/aromatic N) is 2. The van der Waals surface area contributed by atoms with E-state index in [9.17, 15) is 4.79 Å². The number of hydrogen-bond donors (Lipinski definition) is 2. The first-order valence-corrected chi connectivity index (χ1v) is 7.86. The molecule has 2 amide bonds. The fraction of sp³-hybridized carbons (Fsp3) is 0.412. The molecular formula is C17H22N4O2. The Morgan fingerprint density at radius 3 is 2.87 bits per heavy atom. The summed E-state index contributed by atoms with van der Waals surface area (Å²) in [5, 5.41) is 10.1. The summed E-state index contributed by atoms with van der Waals surface area (Å²) in [6.45, 7) is 6.60. The van der Waals surface area contributed by atoms with Crippen LogP contribution >= 0.6 is 0 Å². The summed E-state index contributed by atoms with van der Waals surface area (Å²) in [7, 11) is 0. The van der Waals surface area contributed by atoms with Gasteiger partial charge >= 0.3 is 6.03 Å². The van der Waals surface area contributed by atoms with Crippen LogP contribution in [0, 0.1) is 13.8 Å². The highest BCUT2D eigenvalue weighted by Gasteiger charge is 2.15. The van der Waals surface area contributed by atoms with Gasteiger partial charge in [-0.1, -0.05) is 6.07 Å². The third-order valence-electron chi connectivity index (χ3n) is 3.86. The molecule has 0 fully saturated rings. The van der Waals surface area contributed by atoms with Gasteiger partial charge in [0, 0.05) is 29.9 Å². The number of aryl methyl sites for hydroxylation is 2. The second kappa shape index (κ2) is 6.83. The molecule has 2 N–H and O–H groups in total. The number of carbonyl (C=O) groups excluding carboxylic acids is 1. The van der Waals surface area contributed by atoms with Crippen LogP contribution in [0.4, 0.5) is 10.5 Å². The van der Waals surface area contributed by atoms with Crippen LogP contribution in [0.1, 0.15) is 22.4 Å². The Kier molecular flexibility index (Phi) is 4.62. The molecule has 122 valence electrons. The van der Waals surface area contributed by atoms with Crippen molar-refractivity contribution in [1.29, 1.82) is 0 Å². The van der Waals surface area contributed by atoms with E-state index in [-0.39, 0.29) is 6.03 Å². The van der Waals surface area contributed by atoms with Crippen molar-refractivity contribution in [3.8, 4) is 0 Å². The van der Waals surface area contributed by atoms with E-state index in [2.05, 4.69) is 21.8 Å². The third-order valence-corrected chi connectivity index (χ3v) is 3.86. The normalized spacial score (nSPS) is 13.5. The van der Waals surface area contributed by atoms with Gasteiger partial charge in [-0.2, -0.15) is 5.10 Å². The number of hydrogen-bond acceptors (Lipinski definition) is 3. The quantitative estimate of drug-likeness (QED) is 0.910. The molecule has 6 heteroatoms. The molecule has 1 aliphatic rings. The minimum atomic E-state index is -0.195. The zero-order valence-electron chi connectivity index (χ0n) is 13.6. The third kappa shape index (κ3) is 3.90. The molecule has 0 unspecified atom stereocenters. The van der Waals surface area contributed by atoms with E-state index in [4.69, 9.17) is 4.74 Å². The Labute approximate surface area is 135 Å². The lowest BCUT2D eigenvalue weighted by molar-refractivity contribution is 0.109. The van der Waals surface area contributed by atoms with E-state index < -0.39 is 0 Å². The molecule has 23 heavy (non-hydrogen) atoms. The van der Waals surface area contributed by atoms with Gasteiger partial charge in [0.2, 0.25) is 0 Å². The Morgan fingerprint density at radius 1 is 1.30 bits per heavy atom. The molecule has 0 spiro atoms. The summed E-state index contributed by atoms with van der Waals surface area (Å²) in [6.07, 6.45) is 2.73. The lowest BCUT2D eigenvalue weighted by atomic mass is 10.1. The zero-order valence-corrected chi connectivity index (χ0v) is 13.6. The van der Waals surface area contributed by atoms with Crippen molar-refractivity contribution in [3.05, 3.63) is 46.8 Å². The molecule has 0 saturated heterocycles. The topological polar surface area (TPSA) is 68.2 Å². The van der Waals surface area contributed by atoms with Crippen molar-refractivity contribution in [2.75, 3.05) is 18.5 Å². The van der Waals surface area contributed by atoms with Crippen LogP contribution in [0.2, 0.25) is 0 Å². The first-order valence-electron chi connectivity index (χ1n) is 7.86. The van der Waals surface area contributed by atoms with Crippen LogP contribution in [-0.2, 0) is 24.3 Å². The zero-order chi connectivity index (χ0) is 16.2. The number of urea groups is 1. The largest absolute Gasteiger partial charge is 0.376 e. The number of nitrogens with one attached hydrogen (secondary N) is 2. The summed E-state index contributed by atoms with van der Waals surface area (Å²) in [5.41, 5.74) is 5.44. The lowest BCUT2D eigenvalue weighted by Gasteiger charge is -2.15. The Balaban J connectivity index is 1.50. The Hall–Kier alpha value is -2.34. The van der Waals surface area contributed by atoms with Crippen molar-refractivity contribution in [3.63, 3.8) is 0 Å². The van der Waals surface area contributed by atoms with Crippen LogP contribution in [0.15, 0.2) is 24.4 Å². The van der Waals surface area contributed by atoms with Gasteiger partial charge in [-0.3, -0.25) is 4.68 Å². The average Bonchev–Trinajstić information content (AvgIpc) is 2.90. The number of rotatable bonds is 4. The van der Waals surface area contributed by atoms with E-state index in [1.54, 1.807) is 0 Å². The number of fused-ring (bicyclic) bond motifs is 1. The molecule has 1 aromatic heterocycles. The summed E-state index contributed by atoms with van der Waals surface area (Å²) in [5.74, 6) is 0.